The van der Waals surface area contributed by atoms with Gasteiger partial charge in [0.25, 0.3) is 5.56 Å². The lowest BCUT2D eigenvalue weighted by Gasteiger charge is -2.32. The Hall–Kier alpha value is -3.95. The number of nitrogens with one attached hydrogen (secondary N) is 2. The van der Waals surface area contributed by atoms with Crippen LogP contribution in [0.4, 0.5) is 16.3 Å². The van der Waals surface area contributed by atoms with Crippen LogP contribution in [0, 0.1) is 18.8 Å². The fourth-order valence-electron chi connectivity index (χ4n) is 5.03. The van der Waals surface area contributed by atoms with Crippen LogP contribution >= 0.6 is 0 Å². The van der Waals surface area contributed by atoms with Gasteiger partial charge < -0.3 is 15.5 Å². The van der Waals surface area contributed by atoms with Gasteiger partial charge in [0.15, 0.2) is 0 Å². The zero-order valence-corrected chi connectivity index (χ0v) is 22.1. The summed E-state index contributed by atoms with van der Waals surface area (Å²) in [5.41, 5.74) is 1.41. The van der Waals surface area contributed by atoms with Crippen LogP contribution in [0.25, 0.3) is 10.9 Å². The molecule has 1 saturated heterocycles. The molecule has 1 aromatic carbocycles. The Balaban J connectivity index is 1.33. The molecule has 3 amide bonds. The number of piperidine rings is 1. The zero-order valence-electron chi connectivity index (χ0n) is 22.1. The van der Waals surface area contributed by atoms with Gasteiger partial charge in [0.05, 0.1) is 16.8 Å². The fourth-order valence-corrected chi connectivity index (χ4v) is 5.03. The van der Waals surface area contributed by atoms with Gasteiger partial charge in [-0.2, -0.15) is 0 Å². The SMILES string of the molecule is Cc1ccc(NC(=O)[C@@H]2CCCN(C(=O)Nc3ccc4c(c3)c(=O)n(CC3CC3)c(=O)n4C(C)C)C2)nc1. The molecule has 1 aliphatic carbocycles. The number of aryl methyl sites for hydroxylation is 1. The van der Waals surface area contributed by atoms with E-state index in [4.69, 9.17) is 0 Å². The third-order valence-electron chi connectivity index (χ3n) is 7.32. The van der Waals surface area contributed by atoms with Gasteiger partial charge in [-0.15, -0.1) is 0 Å². The number of hydrogen-bond donors (Lipinski definition) is 2. The number of urea groups is 1. The summed E-state index contributed by atoms with van der Waals surface area (Å²) < 4.78 is 2.98. The van der Waals surface area contributed by atoms with Crippen LogP contribution < -0.4 is 21.9 Å². The van der Waals surface area contributed by atoms with Gasteiger partial charge >= 0.3 is 11.7 Å². The highest BCUT2D eigenvalue weighted by molar-refractivity contribution is 5.94. The maximum absolute atomic E-state index is 13.3. The van der Waals surface area contributed by atoms with Crippen LogP contribution in [0.3, 0.4) is 0 Å². The number of nitrogens with zero attached hydrogens (tertiary/aromatic N) is 4. The van der Waals surface area contributed by atoms with E-state index < -0.39 is 0 Å². The second-order valence-corrected chi connectivity index (χ2v) is 10.8. The number of carbonyl (C=O) groups excluding carboxylic acids is 2. The third kappa shape index (κ3) is 5.34. The van der Waals surface area contributed by atoms with Gasteiger partial charge in [0.2, 0.25) is 5.91 Å². The quantitative estimate of drug-likeness (QED) is 0.515. The molecule has 2 fully saturated rings. The molecule has 200 valence electrons. The number of amides is 3. The first kappa shape index (κ1) is 25.7. The van der Waals surface area contributed by atoms with E-state index in [1.807, 2.05) is 26.8 Å². The summed E-state index contributed by atoms with van der Waals surface area (Å²) in [4.78, 5) is 58.2. The van der Waals surface area contributed by atoms with E-state index in [1.54, 1.807) is 39.9 Å². The van der Waals surface area contributed by atoms with Gasteiger partial charge in [-0.05, 0) is 82.2 Å². The predicted molar refractivity (Wildman–Crippen MR) is 146 cm³/mol. The highest BCUT2D eigenvalue weighted by Crippen LogP contribution is 2.30. The van der Waals surface area contributed by atoms with E-state index in [-0.39, 0.29) is 41.7 Å². The first-order valence-electron chi connectivity index (χ1n) is 13.3. The molecular formula is C28H34N6O4. The number of likely N-dealkylation sites (tertiary alicyclic amines) is 1. The van der Waals surface area contributed by atoms with Crippen molar-refractivity contribution in [1.29, 1.82) is 0 Å². The van der Waals surface area contributed by atoms with Crippen LogP contribution in [-0.4, -0.2) is 44.0 Å². The molecule has 1 aliphatic heterocycles. The number of anilines is 2. The standard InChI is InChI=1S/C28H34N6O4/c1-17(2)34-23-10-9-21(13-22(23)26(36)33(28(34)38)15-19-7-8-19)30-27(37)32-12-4-5-20(16-32)25(35)31-24-11-6-18(3)14-29-24/h6,9-11,13-14,17,19-20H,4-5,7-8,12,15-16H2,1-3H3,(H,30,37)(H,29,31,35)/t20-/m1/s1. The zero-order chi connectivity index (χ0) is 27.0. The van der Waals surface area contributed by atoms with Gasteiger partial charge in [-0.25, -0.2) is 14.6 Å². The number of benzene rings is 1. The topological polar surface area (TPSA) is 118 Å². The summed E-state index contributed by atoms with van der Waals surface area (Å²) in [6.45, 7) is 7.01. The normalized spacial score (nSPS) is 17.6. The van der Waals surface area contributed by atoms with Crippen molar-refractivity contribution >= 4 is 34.3 Å². The van der Waals surface area contributed by atoms with Crippen LogP contribution in [0.2, 0.25) is 0 Å². The van der Waals surface area contributed by atoms with Gasteiger partial charge in [-0.3, -0.25) is 18.7 Å². The molecule has 1 atom stereocenters. The summed E-state index contributed by atoms with van der Waals surface area (Å²) in [7, 11) is 0. The Kier molecular flexibility index (Phi) is 7.05. The van der Waals surface area contributed by atoms with E-state index >= 15 is 0 Å². The van der Waals surface area contributed by atoms with Gasteiger partial charge in [0.1, 0.15) is 5.82 Å². The van der Waals surface area contributed by atoms with Crippen LogP contribution in [0.15, 0.2) is 46.1 Å². The number of carbonyl (C=O) groups is 2. The number of aromatic nitrogens is 3. The second kappa shape index (κ2) is 10.4. The van der Waals surface area contributed by atoms with Crippen molar-refractivity contribution in [3.8, 4) is 0 Å². The van der Waals surface area contributed by atoms with E-state index in [0.29, 0.717) is 54.3 Å². The molecule has 2 aromatic heterocycles. The summed E-state index contributed by atoms with van der Waals surface area (Å²) in [6.07, 6.45) is 5.14. The Bertz CT molecular complexity index is 1490. The Labute approximate surface area is 220 Å². The number of fused-ring (bicyclic) bond motifs is 1. The van der Waals surface area contributed by atoms with Gasteiger partial charge in [-0.1, -0.05) is 6.07 Å². The van der Waals surface area contributed by atoms with Crippen molar-refractivity contribution < 1.29 is 9.59 Å². The van der Waals surface area contributed by atoms with Crippen molar-refractivity contribution in [2.45, 2.75) is 59.0 Å². The number of pyridine rings is 1. The van der Waals surface area contributed by atoms with Crippen LogP contribution in [0.5, 0.6) is 0 Å². The molecular weight excluding hydrogens is 484 g/mol. The molecule has 0 unspecified atom stereocenters. The highest BCUT2D eigenvalue weighted by Gasteiger charge is 2.29. The summed E-state index contributed by atoms with van der Waals surface area (Å²) >= 11 is 0. The monoisotopic (exact) mass is 518 g/mol. The average molecular weight is 519 g/mol. The van der Waals surface area contributed by atoms with Crippen molar-refractivity contribution in [2.24, 2.45) is 11.8 Å². The highest BCUT2D eigenvalue weighted by atomic mass is 16.2. The third-order valence-corrected chi connectivity index (χ3v) is 7.32. The summed E-state index contributed by atoms with van der Waals surface area (Å²) in [6, 6.07) is 8.27. The minimum Gasteiger partial charge on any atom is -0.324 e. The second-order valence-electron chi connectivity index (χ2n) is 10.8. The summed E-state index contributed by atoms with van der Waals surface area (Å²) in [5, 5.41) is 6.13. The lowest BCUT2D eigenvalue weighted by atomic mass is 9.97. The van der Waals surface area contributed by atoms with Crippen molar-refractivity contribution in [3.05, 3.63) is 62.9 Å². The molecule has 38 heavy (non-hydrogen) atoms. The number of hydrogen-bond acceptors (Lipinski definition) is 5. The van der Waals surface area contributed by atoms with Crippen LogP contribution in [0.1, 0.15) is 51.1 Å². The van der Waals surface area contributed by atoms with Crippen molar-refractivity contribution in [2.75, 3.05) is 23.7 Å². The number of rotatable bonds is 6. The average Bonchev–Trinajstić information content (AvgIpc) is 3.72. The Morgan fingerprint density at radius 1 is 1.08 bits per heavy atom. The Morgan fingerprint density at radius 2 is 1.87 bits per heavy atom. The fraction of sp³-hybridized carbons (Fsp3) is 0.464. The van der Waals surface area contributed by atoms with E-state index in [1.165, 1.54) is 4.57 Å². The van der Waals surface area contributed by atoms with Crippen LogP contribution in [-0.2, 0) is 11.3 Å². The molecule has 0 spiro atoms. The van der Waals surface area contributed by atoms with E-state index in [0.717, 1.165) is 18.4 Å². The van der Waals surface area contributed by atoms with E-state index in [2.05, 4.69) is 15.6 Å². The molecule has 10 nitrogen and oxygen atoms in total. The lowest BCUT2D eigenvalue weighted by Crippen LogP contribution is -2.45. The van der Waals surface area contributed by atoms with E-state index in [9.17, 15) is 19.2 Å². The minimum atomic E-state index is -0.343. The summed E-state index contributed by atoms with van der Waals surface area (Å²) in [5.74, 6) is 0.356. The molecule has 1 saturated carbocycles. The first-order chi connectivity index (χ1) is 18.2. The molecule has 3 aromatic rings. The van der Waals surface area contributed by atoms with Gasteiger partial charge in [0, 0.05) is 37.6 Å². The molecule has 2 N–H and O–H groups in total. The Morgan fingerprint density at radius 3 is 2.55 bits per heavy atom. The largest absolute Gasteiger partial charge is 0.331 e. The molecule has 0 bridgehead atoms. The molecule has 2 aliphatic rings. The maximum atomic E-state index is 13.3. The van der Waals surface area contributed by atoms with Crippen molar-refractivity contribution in [1.82, 2.24) is 19.0 Å². The smallest absolute Gasteiger partial charge is 0.324 e. The predicted octanol–water partition coefficient (Wildman–Crippen LogP) is 3.74. The molecule has 3 heterocycles. The molecule has 5 rings (SSSR count). The van der Waals surface area contributed by atoms with Crippen molar-refractivity contribution in [3.63, 3.8) is 0 Å². The molecule has 0 radical (unpaired) electrons. The molecule has 10 heteroatoms. The minimum absolute atomic E-state index is 0.122. The maximum Gasteiger partial charge on any atom is 0.331 e. The lowest BCUT2D eigenvalue weighted by molar-refractivity contribution is -0.121. The first-order valence-corrected chi connectivity index (χ1v) is 13.3.